The Hall–Kier alpha value is -2.54. The van der Waals surface area contributed by atoms with E-state index < -0.39 is 12.2 Å². The van der Waals surface area contributed by atoms with Crippen LogP contribution in [0.3, 0.4) is 0 Å². The number of methoxy groups -OCH3 is 1. The minimum atomic E-state index is -0.602. The van der Waals surface area contributed by atoms with Gasteiger partial charge in [-0.3, -0.25) is 4.79 Å². The Kier molecular flexibility index (Phi) is 15.0. The Bertz CT molecular complexity index is 681. The monoisotopic (exact) mass is 402 g/mol. The summed E-state index contributed by atoms with van der Waals surface area (Å²) in [7, 11) is 1.57. The van der Waals surface area contributed by atoms with Gasteiger partial charge in [0, 0.05) is 7.11 Å². The molecule has 3 N–H and O–H groups in total. The van der Waals surface area contributed by atoms with E-state index in [1.54, 1.807) is 57.4 Å². The molecule has 0 aromatic heterocycles. The van der Waals surface area contributed by atoms with Crippen molar-refractivity contribution >= 4 is 12.6 Å². The van der Waals surface area contributed by atoms with Crippen LogP contribution < -0.4 is 5.32 Å². The molecule has 0 saturated heterocycles. The van der Waals surface area contributed by atoms with E-state index >= 15 is 0 Å². The minimum Gasteiger partial charge on any atom is -0.389 e. The molecule has 0 aliphatic heterocycles. The molecule has 0 heterocycles. The quantitative estimate of drug-likeness (QED) is 0.325. The number of allylic oxidation sites excluding steroid dienone is 7. The minimum absolute atomic E-state index is 0.117. The second-order valence-electron chi connectivity index (χ2n) is 6.38. The highest BCUT2D eigenvalue weighted by molar-refractivity contribution is 5.81. The van der Waals surface area contributed by atoms with E-state index in [9.17, 15) is 15.0 Å². The number of rotatable bonds is 13. The molecule has 0 saturated carbocycles. The molecule has 0 spiro atoms. The smallest absolute Gasteiger partial charge is 0.229 e. The van der Waals surface area contributed by atoms with E-state index in [0.717, 1.165) is 11.1 Å². The van der Waals surface area contributed by atoms with Crippen molar-refractivity contribution in [1.82, 2.24) is 5.32 Å². The van der Waals surface area contributed by atoms with Crippen molar-refractivity contribution < 1.29 is 19.7 Å². The van der Waals surface area contributed by atoms with E-state index in [1.807, 2.05) is 25.2 Å². The number of hydrogen-bond acceptors (Lipinski definition) is 5. The molecule has 0 rings (SSSR count). The van der Waals surface area contributed by atoms with E-state index in [1.165, 1.54) is 0 Å². The van der Waals surface area contributed by atoms with Crippen LogP contribution in [0.1, 0.15) is 33.6 Å². The summed E-state index contributed by atoms with van der Waals surface area (Å²) in [5.41, 5.74) is 1.71. The third kappa shape index (κ3) is 15.1. The average Bonchev–Trinajstić information content (AvgIpc) is 2.65. The number of amides is 1. The zero-order chi connectivity index (χ0) is 22.1. The van der Waals surface area contributed by atoms with Crippen molar-refractivity contribution in [2.24, 2.45) is 4.99 Å². The topological polar surface area (TPSA) is 91.2 Å². The summed E-state index contributed by atoms with van der Waals surface area (Å²) in [6, 6.07) is 0. The van der Waals surface area contributed by atoms with Crippen LogP contribution in [0.15, 0.2) is 76.6 Å². The fraction of sp³-hybridized carbons (Fsp3) is 0.391. The fourth-order valence-electron chi connectivity index (χ4n) is 2.24. The van der Waals surface area contributed by atoms with Crippen molar-refractivity contribution in [3.8, 4) is 0 Å². The lowest BCUT2D eigenvalue weighted by Gasteiger charge is -2.06. The average molecular weight is 403 g/mol. The van der Waals surface area contributed by atoms with Gasteiger partial charge in [0.05, 0.1) is 25.2 Å². The van der Waals surface area contributed by atoms with Gasteiger partial charge in [-0.1, -0.05) is 48.6 Å². The molecule has 0 aromatic carbocycles. The largest absolute Gasteiger partial charge is 0.389 e. The van der Waals surface area contributed by atoms with Gasteiger partial charge in [-0.05, 0) is 51.1 Å². The molecule has 29 heavy (non-hydrogen) atoms. The molecule has 0 aliphatic rings. The highest BCUT2D eigenvalue weighted by Crippen LogP contribution is 2.08. The van der Waals surface area contributed by atoms with Crippen LogP contribution in [-0.2, 0) is 9.53 Å². The lowest BCUT2D eigenvalue weighted by atomic mass is 10.1. The van der Waals surface area contributed by atoms with Crippen LogP contribution in [0.25, 0.3) is 0 Å². The summed E-state index contributed by atoms with van der Waals surface area (Å²) in [6.07, 6.45) is 15.7. The Morgan fingerprint density at radius 3 is 2.48 bits per heavy atom. The van der Waals surface area contributed by atoms with Crippen LogP contribution in [0.5, 0.6) is 0 Å². The first kappa shape index (κ1) is 26.5. The number of nitrogens with zero attached hydrogens (tertiary/aromatic N) is 1. The molecular weight excluding hydrogens is 368 g/mol. The molecule has 1 amide bonds. The number of carbonyl (C=O) groups is 1. The fourth-order valence-corrected chi connectivity index (χ4v) is 2.24. The lowest BCUT2D eigenvalue weighted by Crippen LogP contribution is -2.21. The number of hydrogen-bond donors (Lipinski definition) is 3. The van der Waals surface area contributed by atoms with Crippen LogP contribution in [0, 0.1) is 0 Å². The van der Waals surface area contributed by atoms with Gasteiger partial charge in [-0.2, -0.15) is 0 Å². The summed E-state index contributed by atoms with van der Waals surface area (Å²) >= 11 is 0. The molecule has 160 valence electrons. The summed E-state index contributed by atoms with van der Waals surface area (Å²) in [4.78, 5) is 16.1. The molecule has 2 atom stereocenters. The SMILES string of the molecule is C=N/C(=C\C=C/CC(/C=C\C)=C/C(C)O)NC(=O)CC(/C=C\C(C)O)=C/COC. The van der Waals surface area contributed by atoms with Crippen molar-refractivity contribution in [2.75, 3.05) is 13.7 Å². The van der Waals surface area contributed by atoms with E-state index in [4.69, 9.17) is 4.74 Å². The molecule has 2 unspecified atom stereocenters. The molecule has 0 aromatic rings. The van der Waals surface area contributed by atoms with Gasteiger partial charge in [-0.15, -0.1) is 0 Å². The molecule has 0 aliphatic carbocycles. The summed E-state index contributed by atoms with van der Waals surface area (Å²) in [5, 5.41) is 21.6. The summed E-state index contributed by atoms with van der Waals surface area (Å²) < 4.78 is 5.01. The maximum atomic E-state index is 12.3. The third-order valence-corrected chi connectivity index (χ3v) is 3.48. The number of aliphatic hydroxyl groups excluding tert-OH is 2. The highest BCUT2D eigenvalue weighted by atomic mass is 16.5. The Morgan fingerprint density at radius 1 is 1.21 bits per heavy atom. The van der Waals surface area contributed by atoms with Crippen molar-refractivity contribution in [3.63, 3.8) is 0 Å². The molecule has 6 heteroatoms. The molecular formula is C23H34N2O4. The second-order valence-corrected chi connectivity index (χ2v) is 6.38. The standard InChI is InChI=1S/C23H34N2O4/c1-6-9-20(16-19(3)27)10-7-8-11-22(24-4)25-23(28)17-21(14-15-29-5)13-12-18(2)26/h6-9,11-14,16,18-19,26-27H,4,10,15,17H2,1-3,5H3,(H,25,28)/b8-7-,9-6-,13-12-,20-16+,21-14+,22-11+. The first-order valence-corrected chi connectivity index (χ1v) is 9.51. The second kappa shape index (κ2) is 16.4. The van der Waals surface area contributed by atoms with Crippen LogP contribution in [0.2, 0.25) is 0 Å². The Labute approximate surface area is 174 Å². The summed E-state index contributed by atoms with van der Waals surface area (Å²) in [6.45, 7) is 9.10. The van der Waals surface area contributed by atoms with Gasteiger partial charge in [0.2, 0.25) is 5.91 Å². The van der Waals surface area contributed by atoms with Crippen molar-refractivity contribution in [3.05, 3.63) is 71.7 Å². The van der Waals surface area contributed by atoms with Crippen LogP contribution >= 0.6 is 0 Å². The number of carbonyl (C=O) groups excluding carboxylic acids is 1. The van der Waals surface area contributed by atoms with Gasteiger partial charge in [0.1, 0.15) is 5.82 Å². The van der Waals surface area contributed by atoms with Gasteiger partial charge in [0.25, 0.3) is 0 Å². The maximum absolute atomic E-state index is 12.3. The van der Waals surface area contributed by atoms with E-state index in [-0.39, 0.29) is 12.3 Å². The molecule has 6 nitrogen and oxygen atoms in total. The predicted molar refractivity (Wildman–Crippen MR) is 120 cm³/mol. The zero-order valence-corrected chi connectivity index (χ0v) is 17.8. The normalized spacial score (nSPS) is 16.0. The zero-order valence-electron chi connectivity index (χ0n) is 17.8. The third-order valence-electron chi connectivity index (χ3n) is 3.48. The maximum Gasteiger partial charge on any atom is 0.229 e. The number of nitrogens with one attached hydrogen (secondary N) is 1. The molecule has 0 fully saturated rings. The Morgan fingerprint density at radius 2 is 1.93 bits per heavy atom. The number of aliphatic imine (C=N–C) groups is 1. The number of ether oxygens (including phenoxy) is 1. The number of aliphatic hydroxyl groups is 2. The Balaban J connectivity index is 4.97. The van der Waals surface area contributed by atoms with Crippen molar-refractivity contribution in [1.29, 1.82) is 0 Å². The summed E-state index contributed by atoms with van der Waals surface area (Å²) in [5.74, 6) is 0.0854. The predicted octanol–water partition coefficient (Wildman–Crippen LogP) is 3.37. The molecule has 0 radical (unpaired) electrons. The van der Waals surface area contributed by atoms with Crippen molar-refractivity contribution in [2.45, 2.75) is 45.8 Å². The van der Waals surface area contributed by atoms with Gasteiger partial charge < -0.3 is 20.3 Å². The van der Waals surface area contributed by atoms with Crippen LogP contribution in [-0.4, -0.2) is 48.8 Å². The van der Waals surface area contributed by atoms with Gasteiger partial charge >= 0.3 is 0 Å². The lowest BCUT2D eigenvalue weighted by molar-refractivity contribution is -0.119. The molecule has 0 bridgehead atoms. The van der Waals surface area contributed by atoms with E-state index in [2.05, 4.69) is 17.0 Å². The van der Waals surface area contributed by atoms with Gasteiger partial charge in [-0.25, -0.2) is 4.99 Å². The van der Waals surface area contributed by atoms with Crippen LogP contribution in [0.4, 0.5) is 0 Å². The highest BCUT2D eigenvalue weighted by Gasteiger charge is 2.06. The van der Waals surface area contributed by atoms with Gasteiger partial charge in [0.15, 0.2) is 0 Å². The first-order chi connectivity index (χ1) is 13.8. The first-order valence-electron chi connectivity index (χ1n) is 9.51. The van der Waals surface area contributed by atoms with E-state index in [0.29, 0.717) is 18.8 Å².